The van der Waals surface area contributed by atoms with E-state index < -0.39 is 0 Å². The van der Waals surface area contributed by atoms with Gasteiger partial charge in [-0.1, -0.05) is 18.6 Å². The second-order valence-corrected chi connectivity index (χ2v) is 11.1. The number of hydrogen-bond donors (Lipinski definition) is 2. The Kier molecular flexibility index (Phi) is 6.76. The van der Waals surface area contributed by atoms with Crippen LogP contribution in [0.25, 0.3) is 16.9 Å². The molecule has 0 spiro atoms. The van der Waals surface area contributed by atoms with Crippen LogP contribution in [0.3, 0.4) is 0 Å². The van der Waals surface area contributed by atoms with Gasteiger partial charge in [-0.2, -0.15) is 0 Å². The molecule has 0 radical (unpaired) electrons. The highest BCUT2D eigenvalue weighted by atomic mass is 16.5. The third-order valence-electron chi connectivity index (χ3n) is 7.98. The molecule has 8 heteroatoms. The van der Waals surface area contributed by atoms with Gasteiger partial charge in [0.1, 0.15) is 5.60 Å². The number of fused-ring (bicyclic) bond motifs is 1. The molecule has 37 heavy (non-hydrogen) atoms. The number of carbonyl (C=O) groups excluding carboxylic acids is 1. The first-order valence-electron chi connectivity index (χ1n) is 13.9. The van der Waals surface area contributed by atoms with Crippen LogP contribution in [0, 0.1) is 5.92 Å². The number of rotatable bonds is 8. The molecular weight excluding hydrogens is 466 g/mol. The normalized spacial score (nSPS) is 20.0. The molecule has 1 amide bonds. The van der Waals surface area contributed by atoms with Gasteiger partial charge in [0.15, 0.2) is 5.65 Å². The Morgan fingerprint density at radius 3 is 2.59 bits per heavy atom. The largest absolute Gasteiger partial charge is 0.470 e. The molecule has 3 fully saturated rings. The lowest BCUT2D eigenvalue weighted by molar-refractivity contribution is 0.0430. The summed E-state index contributed by atoms with van der Waals surface area (Å²) >= 11 is 0. The molecule has 6 rings (SSSR count). The molecular formula is C29H37N5O3. The second kappa shape index (κ2) is 10.3. The number of hydrogen-bond acceptors (Lipinski definition) is 6. The van der Waals surface area contributed by atoms with Gasteiger partial charge in [-0.05, 0) is 76.3 Å². The van der Waals surface area contributed by atoms with Crippen LogP contribution >= 0.6 is 0 Å². The van der Waals surface area contributed by atoms with E-state index >= 15 is 0 Å². The molecule has 196 valence electrons. The van der Waals surface area contributed by atoms with Crippen LogP contribution in [-0.4, -0.2) is 51.9 Å². The molecule has 3 heterocycles. The smallest absolute Gasteiger partial charge is 0.251 e. The van der Waals surface area contributed by atoms with Gasteiger partial charge in [-0.25, -0.2) is 9.50 Å². The fourth-order valence-corrected chi connectivity index (χ4v) is 5.47. The third-order valence-corrected chi connectivity index (χ3v) is 7.98. The van der Waals surface area contributed by atoms with Crippen molar-refractivity contribution in [2.45, 2.75) is 76.4 Å². The van der Waals surface area contributed by atoms with Gasteiger partial charge < -0.3 is 20.1 Å². The minimum atomic E-state index is -0.200. The number of anilines is 1. The molecule has 8 nitrogen and oxygen atoms in total. The van der Waals surface area contributed by atoms with Crippen molar-refractivity contribution in [3.05, 3.63) is 42.1 Å². The Hall–Kier alpha value is -3.13. The minimum Gasteiger partial charge on any atom is -0.470 e. The molecule has 3 aliphatic rings. The molecule has 2 N–H and O–H groups in total. The average Bonchev–Trinajstić information content (AvgIpc) is 3.63. The Morgan fingerprint density at radius 2 is 1.86 bits per heavy atom. The molecule has 1 saturated heterocycles. The van der Waals surface area contributed by atoms with Crippen LogP contribution in [0.1, 0.15) is 75.1 Å². The van der Waals surface area contributed by atoms with E-state index in [1.807, 2.05) is 41.0 Å². The lowest BCUT2D eigenvalue weighted by Gasteiger charge is -2.33. The van der Waals surface area contributed by atoms with E-state index in [-0.39, 0.29) is 11.5 Å². The highest BCUT2D eigenvalue weighted by molar-refractivity contribution is 5.95. The minimum absolute atomic E-state index is 0.0127. The maximum absolute atomic E-state index is 12.4. The van der Waals surface area contributed by atoms with E-state index in [1.54, 1.807) is 0 Å². The van der Waals surface area contributed by atoms with E-state index in [0.29, 0.717) is 23.4 Å². The fourth-order valence-electron chi connectivity index (χ4n) is 5.47. The number of benzene rings is 1. The second-order valence-electron chi connectivity index (χ2n) is 11.1. The Morgan fingerprint density at radius 1 is 1.11 bits per heavy atom. The Balaban J connectivity index is 1.30. The maximum Gasteiger partial charge on any atom is 0.251 e. The van der Waals surface area contributed by atoms with Crippen LogP contribution in [0.4, 0.5) is 5.69 Å². The van der Waals surface area contributed by atoms with Crippen molar-refractivity contribution >= 4 is 17.2 Å². The number of nitrogens with zero attached hydrogens (tertiary/aromatic N) is 3. The predicted molar refractivity (Wildman–Crippen MR) is 143 cm³/mol. The molecule has 1 aromatic carbocycles. The zero-order chi connectivity index (χ0) is 25.2. The van der Waals surface area contributed by atoms with Crippen molar-refractivity contribution in [1.82, 2.24) is 19.9 Å². The number of aromatic nitrogens is 3. The average molecular weight is 504 g/mol. The van der Waals surface area contributed by atoms with E-state index in [0.717, 1.165) is 80.9 Å². The summed E-state index contributed by atoms with van der Waals surface area (Å²) in [7, 11) is 0. The number of carbonyl (C=O) groups is 1. The SMILES string of the molecule is CC1(Oc2cc(NCC3CCOCC3)c3ncc(-c4ccc(C(=O)NC5CC5)cc4)n3n2)CCCCC1. The standard InChI is InChI=1S/C29H37N5O3/c1-29(13-3-2-4-14-29)37-26-17-24(30-18-20-11-15-36-16-12-20)27-31-19-25(34(27)33-26)21-5-7-22(8-6-21)28(35)32-23-9-10-23/h5-8,17,19-20,23,30H,2-4,9-16,18H2,1H3,(H,32,35). The van der Waals surface area contributed by atoms with E-state index in [1.165, 1.54) is 19.3 Å². The van der Waals surface area contributed by atoms with Crippen molar-refractivity contribution in [2.24, 2.45) is 5.92 Å². The maximum atomic E-state index is 12.4. The van der Waals surface area contributed by atoms with Crippen LogP contribution in [0.5, 0.6) is 5.88 Å². The molecule has 3 aromatic rings. The van der Waals surface area contributed by atoms with Crippen molar-refractivity contribution in [1.29, 1.82) is 0 Å². The summed E-state index contributed by atoms with van der Waals surface area (Å²) in [5, 5.41) is 11.6. The van der Waals surface area contributed by atoms with Gasteiger partial charge in [0.25, 0.3) is 5.91 Å². The number of amides is 1. The topological polar surface area (TPSA) is 89.8 Å². The molecule has 2 saturated carbocycles. The summed E-state index contributed by atoms with van der Waals surface area (Å²) in [6.45, 7) is 4.72. The number of imidazole rings is 1. The van der Waals surface area contributed by atoms with Crippen molar-refractivity contribution in [3.63, 3.8) is 0 Å². The summed E-state index contributed by atoms with van der Waals surface area (Å²) in [4.78, 5) is 17.2. The highest BCUT2D eigenvalue weighted by Crippen LogP contribution is 2.34. The van der Waals surface area contributed by atoms with Crippen LogP contribution in [0.15, 0.2) is 36.5 Å². The van der Waals surface area contributed by atoms with E-state index in [4.69, 9.17) is 19.6 Å². The fraction of sp³-hybridized carbons (Fsp3) is 0.552. The zero-order valence-corrected chi connectivity index (χ0v) is 21.7. The highest BCUT2D eigenvalue weighted by Gasteiger charge is 2.30. The lowest BCUT2D eigenvalue weighted by Crippen LogP contribution is -2.35. The lowest BCUT2D eigenvalue weighted by atomic mass is 9.86. The summed E-state index contributed by atoms with van der Waals surface area (Å²) in [5.41, 5.74) is 4.01. The first-order valence-corrected chi connectivity index (χ1v) is 13.9. The van der Waals surface area contributed by atoms with Gasteiger partial charge >= 0.3 is 0 Å². The summed E-state index contributed by atoms with van der Waals surface area (Å²) in [5.74, 6) is 1.18. The van der Waals surface area contributed by atoms with Crippen LogP contribution in [0.2, 0.25) is 0 Å². The van der Waals surface area contributed by atoms with Crippen molar-refractivity contribution in [2.75, 3.05) is 25.1 Å². The van der Waals surface area contributed by atoms with Gasteiger partial charge in [0.05, 0.1) is 17.6 Å². The molecule has 0 unspecified atom stereocenters. The molecule has 1 aliphatic heterocycles. The van der Waals surface area contributed by atoms with Crippen molar-refractivity contribution < 1.29 is 14.3 Å². The first kappa shape index (κ1) is 24.2. The summed E-state index contributed by atoms with van der Waals surface area (Å²) in [6, 6.07) is 10.0. The van der Waals surface area contributed by atoms with Gasteiger partial charge in [-0.15, -0.1) is 5.10 Å². The summed E-state index contributed by atoms with van der Waals surface area (Å²) in [6.07, 6.45) is 11.9. The molecule has 0 atom stereocenters. The predicted octanol–water partition coefficient (Wildman–Crippen LogP) is 5.23. The van der Waals surface area contributed by atoms with E-state index in [9.17, 15) is 4.79 Å². The van der Waals surface area contributed by atoms with Gasteiger partial charge in [0, 0.05) is 43.0 Å². The quantitative estimate of drug-likeness (QED) is 0.438. The molecule has 2 aliphatic carbocycles. The number of nitrogens with one attached hydrogen (secondary N) is 2. The Labute approximate surface area is 218 Å². The number of ether oxygens (including phenoxy) is 2. The van der Waals surface area contributed by atoms with Crippen molar-refractivity contribution in [3.8, 4) is 17.1 Å². The molecule has 2 aromatic heterocycles. The summed E-state index contributed by atoms with van der Waals surface area (Å²) < 4.78 is 14.0. The zero-order valence-electron chi connectivity index (χ0n) is 21.7. The third kappa shape index (κ3) is 5.59. The monoisotopic (exact) mass is 503 g/mol. The van der Waals surface area contributed by atoms with Crippen LogP contribution in [-0.2, 0) is 4.74 Å². The first-order chi connectivity index (χ1) is 18.1. The van der Waals surface area contributed by atoms with Gasteiger partial charge in [-0.3, -0.25) is 4.79 Å². The Bertz CT molecular complexity index is 1240. The van der Waals surface area contributed by atoms with Crippen LogP contribution < -0.4 is 15.4 Å². The van der Waals surface area contributed by atoms with E-state index in [2.05, 4.69) is 17.6 Å². The van der Waals surface area contributed by atoms with Gasteiger partial charge in [0.2, 0.25) is 5.88 Å². The molecule has 0 bridgehead atoms.